The molecule has 0 aliphatic carbocycles. The Morgan fingerprint density at radius 1 is 1.29 bits per heavy atom. The average molecular weight is 233 g/mol. The van der Waals surface area contributed by atoms with Crippen molar-refractivity contribution in [2.75, 3.05) is 13.7 Å². The molecular weight excluding hydrogens is 218 g/mol. The number of benzene rings is 1. The molecule has 1 heterocycles. The lowest BCUT2D eigenvalue weighted by Gasteiger charge is -2.02. The molecule has 0 radical (unpaired) electrons. The molecule has 5 nitrogen and oxygen atoms in total. The van der Waals surface area contributed by atoms with Crippen molar-refractivity contribution in [2.45, 2.75) is 13.0 Å². The average Bonchev–Trinajstić information content (AvgIpc) is 2.79. The van der Waals surface area contributed by atoms with E-state index in [1.807, 2.05) is 37.4 Å². The van der Waals surface area contributed by atoms with E-state index in [2.05, 4.69) is 15.5 Å². The number of hydrogen-bond donors (Lipinski definition) is 1. The number of hydrogen-bond acceptors (Lipinski definition) is 5. The Hall–Kier alpha value is -1.88. The van der Waals surface area contributed by atoms with Crippen molar-refractivity contribution in [3.05, 3.63) is 42.0 Å². The van der Waals surface area contributed by atoms with Gasteiger partial charge in [0.05, 0.1) is 13.2 Å². The first-order valence-electron chi connectivity index (χ1n) is 5.52. The molecule has 1 N–H and O–H groups in total. The van der Waals surface area contributed by atoms with Crippen LogP contribution in [0, 0.1) is 0 Å². The fraction of sp³-hybridized carbons (Fsp3) is 0.333. The Balaban J connectivity index is 1.78. The summed E-state index contributed by atoms with van der Waals surface area (Å²) in [6, 6.07) is 9.67. The lowest BCUT2D eigenvalue weighted by atomic mass is 10.3. The fourth-order valence-corrected chi connectivity index (χ4v) is 1.39. The van der Waals surface area contributed by atoms with E-state index in [1.165, 1.54) is 0 Å². The minimum absolute atomic E-state index is 0.544. The normalized spacial score (nSPS) is 10.4. The first kappa shape index (κ1) is 11.6. The molecule has 1 aromatic carbocycles. The van der Waals surface area contributed by atoms with Crippen LogP contribution in [0.3, 0.4) is 0 Å². The molecule has 0 aliphatic heterocycles. The predicted molar refractivity (Wildman–Crippen MR) is 62.7 cm³/mol. The second-order valence-electron chi connectivity index (χ2n) is 3.55. The summed E-state index contributed by atoms with van der Waals surface area (Å²) >= 11 is 0. The molecule has 5 heteroatoms. The van der Waals surface area contributed by atoms with Crippen LogP contribution >= 0.6 is 0 Å². The second-order valence-corrected chi connectivity index (χ2v) is 3.55. The zero-order chi connectivity index (χ0) is 11.9. The van der Waals surface area contributed by atoms with Gasteiger partial charge in [-0.3, -0.25) is 0 Å². The molecule has 0 spiro atoms. The maximum absolute atomic E-state index is 5.54. The molecular formula is C12H15N3O2. The van der Waals surface area contributed by atoms with Crippen LogP contribution in [0.5, 0.6) is 5.75 Å². The van der Waals surface area contributed by atoms with Gasteiger partial charge in [0, 0.05) is 6.42 Å². The number of nitrogens with one attached hydrogen (secondary N) is 1. The monoisotopic (exact) mass is 233 g/mol. The third-order valence-electron chi connectivity index (χ3n) is 2.18. The minimum Gasteiger partial charge on any atom is -0.493 e. The van der Waals surface area contributed by atoms with Crippen molar-refractivity contribution in [3.8, 4) is 5.75 Å². The van der Waals surface area contributed by atoms with Crippen LogP contribution in [0.15, 0.2) is 34.9 Å². The summed E-state index contributed by atoms with van der Waals surface area (Å²) in [4.78, 5) is 4.21. The van der Waals surface area contributed by atoms with Crippen molar-refractivity contribution in [2.24, 2.45) is 0 Å². The molecule has 1 aromatic heterocycles. The van der Waals surface area contributed by atoms with Crippen molar-refractivity contribution >= 4 is 0 Å². The van der Waals surface area contributed by atoms with E-state index in [0.717, 1.165) is 5.75 Å². The predicted octanol–water partition coefficient (Wildman–Crippen LogP) is 1.41. The van der Waals surface area contributed by atoms with E-state index in [0.29, 0.717) is 31.3 Å². The van der Waals surface area contributed by atoms with Crippen LogP contribution in [-0.4, -0.2) is 23.8 Å². The summed E-state index contributed by atoms with van der Waals surface area (Å²) < 4.78 is 10.6. The van der Waals surface area contributed by atoms with Crippen LogP contribution in [0.2, 0.25) is 0 Å². The van der Waals surface area contributed by atoms with E-state index in [-0.39, 0.29) is 0 Å². The lowest BCUT2D eigenvalue weighted by molar-refractivity contribution is 0.313. The first-order valence-corrected chi connectivity index (χ1v) is 5.52. The lowest BCUT2D eigenvalue weighted by Crippen LogP contribution is -2.06. The van der Waals surface area contributed by atoms with Gasteiger partial charge < -0.3 is 14.6 Å². The highest BCUT2D eigenvalue weighted by Crippen LogP contribution is 2.08. The van der Waals surface area contributed by atoms with Gasteiger partial charge in [-0.05, 0) is 19.2 Å². The van der Waals surface area contributed by atoms with E-state index < -0.39 is 0 Å². The van der Waals surface area contributed by atoms with Crippen molar-refractivity contribution < 1.29 is 9.26 Å². The molecule has 0 atom stereocenters. The largest absolute Gasteiger partial charge is 0.493 e. The van der Waals surface area contributed by atoms with Crippen LogP contribution in [0.4, 0.5) is 0 Å². The second kappa shape index (κ2) is 6.00. The van der Waals surface area contributed by atoms with Gasteiger partial charge in [0.25, 0.3) is 0 Å². The Kier molecular flexibility index (Phi) is 4.10. The highest BCUT2D eigenvalue weighted by Gasteiger charge is 2.05. The van der Waals surface area contributed by atoms with Crippen molar-refractivity contribution in [1.29, 1.82) is 0 Å². The molecule has 0 amide bonds. The van der Waals surface area contributed by atoms with E-state index in [9.17, 15) is 0 Å². The molecule has 2 aromatic rings. The summed E-state index contributed by atoms with van der Waals surface area (Å²) in [6.45, 7) is 1.13. The van der Waals surface area contributed by atoms with Gasteiger partial charge in [-0.25, -0.2) is 0 Å². The zero-order valence-corrected chi connectivity index (χ0v) is 9.72. The maximum Gasteiger partial charge on any atom is 0.240 e. The number of rotatable bonds is 6. The summed E-state index contributed by atoms with van der Waals surface area (Å²) in [7, 11) is 1.84. The van der Waals surface area contributed by atoms with Crippen molar-refractivity contribution in [1.82, 2.24) is 15.5 Å². The molecule has 17 heavy (non-hydrogen) atoms. The van der Waals surface area contributed by atoms with Gasteiger partial charge in [0.15, 0.2) is 5.82 Å². The summed E-state index contributed by atoms with van der Waals surface area (Å²) in [5.41, 5.74) is 0. The van der Waals surface area contributed by atoms with Crippen LogP contribution in [0.25, 0.3) is 0 Å². The quantitative estimate of drug-likeness (QED) is 0.817. The summed E-state index contributed by atoms with van der Waals surface area (Å²) in [5.74, 6) is 2.12. The molecule has 2 rings (SSSR count). The maximum atomic E-state index is 5.54. The molecule has 0 fully saturated rings. The molecule has 0 saturated heterocycles. The smallest absolute Gasteiger partial charge is 0.240 e. The third kappa shape index (κ3) is 3.57. The van der Waals surface area contributed by atoms with Gasteiger partial charge in [-0.1, -0.05) is 23.4 Å². The first-order chi connectivity index (χ1) is 8.38. The van der Waals surface area contributed by atoms with Gasteiger partial charge >= 0.3 is 0 Å². The standard InChI is InChI=1S/C12H15N3O2/c1-13-9-12-14-11(15-17-12)7-8-16-10-5-3-2-4-6-10/h2-6,13H,7-9H2,1H3. The van der Waals surface area contributed by atoms with E-state index in [4.69, 9.17) is 9.26 Å². The van der Waals surface area contributed by atoms with Crippen LogP contribution < -0.4 is 10.1 Å². The SMILES string of the molecule is CNCc1nc(CCOc2ccccc2)no1. The number of aromatic nitrogens is 2. The molecule has 0 unspecified atom stereocenters. The van der Waals surface area contributed by atoms with Crippen LogP contribution in [0.1, 0.15) is 11.7 Å². The van der Waals surface area contributed by atoms with E-state index >= 15 is 0 Å². The Morgan fingerprint density at radius 3 is 2.88 bits per heavy atom. The van der Waals surface area contributed by atoms with Crippen molar-refractivity contribution in [3.63, 3.8) is 0 Å². The fourth-order valence-electron chi connectivity index (χ4n) is 1.39. The Bertz CT molecular complexity index is 442. The zero-order valence-electron chi connectivity index (χ0n) is 9.72. The number of para-hydroxylation sites is 1. The number of nitrogens with zero attached hydrogens (tertiary/aromatic N) is 2. The van der Waals surface area contributed by atoms with E-state index in [1.54, 1.807) is 0 Å². The molecule has 0 bridgehead atoms. The van der Waals surface area contributed by atoms with Gasteiger partial charge in [0.1, 0.15) is 5.75 Å². The molecule has 0 aliphatic rings. The minimum atomic E-state index is 0.544. The Labute approximate surface area is 99.8 Å². The highest BCUT2D eigenvalue weighted by molar-refractivity contribution is 5.20. The van der Waals surface area contributed by atoms with Gasteiger partial charge in [0.2, 0.25) is 5.89 Å². The van der Waals surface area contributed by atoms with Gasteiger partial charge in [-0.15, -0.1) is 0 Å². The Morgan fingerprint density at radius 2 is 2.12 bits per heavy atom. The van der Waals surface area contributed by atoms with Crippen LogP contribution in [-0.2, 0) is 13.0 Å². The summed E-state index contributed by atoms with van der Waals surface area (Å²) in [5, 5.41) is 6.81. The highest BCUT2D eigenvalue weighted by atomic mass is 16.5. The summed E-state index contributed by atoms with van der Waals surface area (Å²) in [6.07, 6.45) is 0.641. The molecule has 0 saturated carbocycles. The van der Waals surface area contributed by atoms with Gasteiger partial charge in [-0.2, -0.15) is 4.98 Å². The number of ether oxygens (including phenoxy) is 1. The topological polar surface area (TPSA) is 60.2 Å². The third-order valence-corrected chi connectivity index (χ3v) is 2.18. The molecule has 90 valence electrons.